The highest BCUT2D eigenvalue weighted by molar-refractivity contribution is 6.30. The van der Waals surface area contributed by atoms with E-state index in [1.54, 1.807) is 41.1 Å². The van der Waals surface area contributed by atoms with Crippen LogP contribution in [0.15, 0.2) is 59.9 Å². The van der Waals surface area contributed by atoms with E-state index in [1.165, 1.54) is 18.7 Å². The first-order chi connectivity index (χ1) is 13.1. The minimum atomic E-state index is -0.244. The lowest BCUT2D eigenvalue weighted by atomic mass is 10.2. The van der Waals surface area contributed by atoms with Gasteiger partial charge in [0.15, 0.2) is 5.65 Å². The van der Waals surface area contributed by atoms with Crippen LogP contribution in [0.3, 0.4) is 0 Å². The molecule has 1 aromatic carbocycles. The van der Waals surface area contributed by atoms with Crippen LogP contribution in [0.1, 0.15) is 5.69 Å². The molecular formula is C18H13ClN6O2. The average Bonchev–Trinajstić information content (AvgIpc) is 3.10. The molecule has 0 atom stereocenters. The number of anilines is 1. The van der Waals surface area contributed by atoms with Gasteiger partial charge in [-0.15, -0.1) is 0 Å². The van der Waals surface area contributed by atoms with Crippen molar-refractivity contribution in [3.05, 3.63) is 76.2 Å². The van der Waals surface area contributed by atoms with E-state index < -0.39 is 0 Å². The van der Waals surface area contributed by atoms with E-state index in [0.717, 1.165) is 5.69 Å². The maximum atomic E-state index is 12.1. The minimum Gasteiger partial charge on any atom is -0.326 e. The number of rotatable bonds is 4. The highest BCUT2D eigenvalue weighted by atomic mass is 35.5. The Morgan fingerprint density at radius 3 is 2.67 bits per heavy atom. The molecule has 0 aliphatic heterocycles. The lowest BCUT2D eigenvalue weighted by Crippen LogP contribution is -2.15. The van der Waals surface area contributed by atoms with Crippen LogP contribution in [0.2, 0.25) is 5.02 Å². The Morgan fingerprint density at radius 2 is 1.93 bits per heavy atom. The zero-order valence-electron chi connectivity index (χ0n) is 13.9. The fraction of sp³-hybridized carbons (Fsp3) is 0.0556. The molecule has 1 amide bonds. The molecule has 4 aromatic rings. The van der Waals surface area contributed by atoms with Crippen molar-refractivity contribution in [2.45, 2.75) is 6.42 Å². The summed E-state index contributed by atoms with van der Waals surface area (Å²) in [5.74, 6) is -0.185. The number of aromatic amines is 1. The maximum Gasteiger partial charge on any atom is 0.261 e. The highest BCUT2D eigenvalue weighted by Crippen LogP contribution is 2.16. The second-order valence-corrected chi connectivity index (χ2v) is 6.20. The first-order valence-corrected chi connectivity index (χ1v) is 8.40. The largest absolute Gasteiger partial charge is 0.326 e. The third kappa shape index (κ3) is 3.56. The molecule has 0 saturated carbocycles. The normalized spacial score (nSPS) is 10.9. The van der Waals surface area contributed by atoms with E-state index in [1.807, 2.05) is 0 Å². The lowest BCUT2D eigenvalue weighted by Gasteiger charge is -2.07. The van der Waals surface area contributed by atoms with E-state index in [2.05, 4.69) is 25.4 Å². The second-order valence-electron chi connectivity index (χ2n) is 5.76. The van der Waals surface area contributed by atoms with Gasteiger partial charge in [-0.3, -0.25) is 14.6 Å². The molecule has 27 heavy (non-hydrogen) atoms. The zero-order valence-corrected chi connectivity index (χ0v) is 14.6. The summed E-state index contributed by atoms with van der Waals surface area (Å²) in [7, 11) is 0. The van der Waals surface area contributed by atoms with Gasteiger partial charge in [-0.1, -0.05) is 11.6 Å². The number of aromatic nitrogens is 5. The molecule has 0 aliphatic carbocycles. The molecule has 0 saturated heterocycles. The number of H-pyrrole nitrogens is 1. The molecule has 0 spiro atoms. The molecule has 3 aromatic heterocycles. The molecule has 0 unspecified atom stereocenters. The molecule has 9 heteroatoms. The van der Waals surface area contributed by atoms with Crippen LogP contribution < -0.4 is 10.9 Å². The standard InChI is InChI=1S/C18H13ClN6O2/c19-11-1-2-13(20-8-11)7-16(26)24-12-3-5-14(6-4-12)25-17-15(9-23-25)18(27)22-10-21-17/h1-6,8-10H,7H2,(H,24,26)(H,21,22,27). The number of hydrogen-bond donors (Lipinski definition) is 2. The monoisotopic (exact) mass is 380 g/mol. The topological polar surface area (TPSA) is 106 Å². The van der Waals surface area contributed by atoms with E-state index in [9.17, 15) is 9.59 Å². The average molecular weight is 381 g/mol. The molecule has 4 rings (SSSR count). The number of carbonyl (C=O) groups is 1. The zero-order chi connectivity index (χ0) is 18.8. The van der Waals surface area contributed by atoms with Crippen molar-refractivity contribution in [2.24, 2.45) is 0 Å². The second kappa shape index (κ2) is 7.00. The number of benzene rings is 1. The predicted molar refractivity (Wildman–Crippen MR) is 101 cm³/mol. The van der Waals surface area contributed by atoms with Gasteiger partial charge in [0.25, 0.3) is 5.56 Å². The quantitative estimate of drug-likeness (QED) is 0.565. The van der Waals surface area contributed by atoms with Gasteiger partial charge in [-0.05, 0) is 36.4 Å². The maximum absolute atomic E-state index is 12.1. The number of halogens is 1. The van der Waals surface area contributed by atoms with Crippen molar-refractivity contribution >= 4 is 34.2 Å². The fourth-order valence-corrected chi connectivity index (χ4v) is 2.72. The molecule has 0 bridgehead atoms. The Kier molecular flexibility index (Phi) is 4.39. The van der Waals surface area contributed by atoms with Gasteiger partial charge in [0.2, 0.25) is 5.91 Å². The Morgan fingerprint density at radius 1 is 1.11 bits per heavy atom. The van der Waals surface area contributed by atoms with E-state index in [-0.39, 0.29) is 17.9 Å². The smallest absolute Gasteiger partial charge is 0.261 e. The summed E-state index contributed by atoms with van der Waals surface area (Å²) >= 11 is 5.79. The Hall–Kier alpha value is -3.52. The molecule has 3 heterocycles. The third-order valence-electron chi connectivity index (χ3n) is 3.90. The van der Waals surface area contributed by atoms with Crippen molar-refractivity contribution in [2.75, 3.05) is 5.32 Å². The number of nitrogens with one attached hydrogen (secondary N) is 2. The van der Waals surface area contributed by atoms with Crippen LogP contribution in [-0.4, -0.2) is 30.6 Å². The molecule has 0 radical (unpaired) electrons. The minimum absolute atomic E-state index is 0.148. The number of hydrogen-bond acceptors (Lipinski definition) is 5. The Balaban J connectivity index is 1.50. The van der Waals surface area contributed by atoms with Gasteiger partial charge in [0.1, 0.15) is 5.39 Å². The van der Waals surface area contributed by atoms with Crippen molar-refractivity contribution < 1.29 is 4.79 Å². The van der Waals surface area contributed by atoms with E-state index in [4.69, 9.17) is 11.6 Å². The molecule has 2 N–H and O–H groups in total. The van der Waals surface area contributed by atoms with Crippen LogP contribution in [0.25, 0.3) is 16.7 Å². The number of carbonyl (C=O) groups excluding carboxylic acids is 1. The van der Waals surface area contributed by atoms with Crippen LogP contribution in [-0.2, 0) is 11.2 Å². The summed E-state index contributed by atoms with van der Waals surface area (Å²) in [6.45, 7) is 0. The van der Waals surface area contributed by atoms with Crippen molar-refractivity contribution in [1.29, 1.82) is 0 Å². The Bertz CT molecular complexity index is 1170. The highest BCUT2D eigenvalue weighted by Gasteiger charge is 2.10. The van der Waals surface area contributed by atoms with Gasteiger partial charge < -0.3 is 10.3 Å². The van der Waals surface area contributed by atoms with Crippen molar-refractivity contribution in [3.63, 3.8) is 0 Å². The molecule has 0 fully saturated rings. The van der Waals surface area contributed by atoms with Gasteiger partial charge >= 0.3 is 0 Å². The first kappa shape index (κ1) is 16.9. The van der Waals surface area contributed by atoms with Crippen molar-refractivity contribution in [3.8, 4) is 5.69 Å². The summed E-state index contributed by atoms with van der Waals surface area (Å²) in [5.41, 5.74) is 2.21. The molecule has 134 valence electrons. The number of fused-ring (bicyclic) bond motifs is 1. The predicted octanol–water partition coefficient (Wildman–Crippen LogP) is 2.34. The van der Waals surface area contributed by atoms with Gasteiger partial charge in [-0.2, -0.15) is 5.10 Å². The van der Waals surface area contributed by atoms with Crippen LogP contribution in [0.4, 0.5) is 5.69 Å². The summed E-state index contributed by atoms with van der Waals surface area (Å²) in [4.78, 5) is 34.7. The Labute approximate surface area is 157 Å². The van der Waals surface area contributed by atoms with Crippen LogP contribution >= 0.6 is 11.6 Å². The number of amides is 1. The summed E-state index contributed by atoms with van der Waals surface area (Å²) in [6, 6.07) is 10.5. The molecular weight excluding hydrogens is 368 g/mol. The van der Waals surface area contributed by atoms with Gasteiger partial charge in [0.05, 0.1) is 29.7 Å². The van der Waals surface area contributed by atoms with E-state index >= 15 is 0 Å². The lowest BCUT2D eigenvalue weighted by molar-refractivity contribution is -0.115. The first-order valence-electron chi connectivity index (χ1n) is 8.02. The third-order valence-corrected chi connectivity index (χ3v) is 4.12. The van der Waals surface area contributed by atoms with Crippen LogP contribution in [0, 0.1) is 0 Å². The van der Waals surface area contributed by atoms with Crippen LogP contribution in [0.5, 0.6) is 0 Å². The van der Waals surface area contributed by atoms with E-state index in [0.29, 0.717) is 27.4 Å². The molecule has 0 aliphatic rings. The fourth-order valence-electron chi connectivity index (χ4n) is 2.61. The number of nitrogens with zero attached hydrogens (tertiary/aromatic N) is 4. The van der Waals surface area contributed by atoms with Gasteiger partial charge in [0, 0.05) is 17.6 Å². The summed E-state index contributed by atoms with van der Waals surface area (Å²) < 4.78 is 1.56. The number of pyridine rings is 1. The summed E-state index contributed by atoms with van der Waals surface area (Å²) in [5, 5.41) is 7.95. The van der Waals surface area contributed by atoms with Crippen molar-refractivity contribution in [1.82, 2.24) is 24.7 Å². The SMILES string of the molecule is O=C(Cc1ccc(Cl)cn1)Nc1ccc(-n2ncc3c(=O)[nH]cnc32)cc1. The summed E-state index contributed by atoms with van der Waals surface area (Å²) in [6.07, 6.45) is 4.46. The van der Waals surface area contributed by atoms with Gasteiger partial charge in [-0.25, -0.2) is 9.67 Å². The molecule has 8 nitrogen and oxygen atoms in total.